The Morgan fingerprint density at radius 2 is 1.75 bits per heavy atom. The summed E-state index contributed by atoms with van der Waals surface area (Å²) in [6.07, 6.45) is 3.65. The molecule has 0 N–H and O–H groups in total. The maximum absolute atomic E-state index is 4.03. The molecular weight excluding hydrogens is 166 g/mol. The van der Waals surface area contributed by atoms with E-state index in [-0.39, 0.29) is 0 Å². The Kier molecular flexibility index (Phi) is 4.52. The molecule has 0 bridgehead atoms. The maximum Gasteiger partial charge on any atom is 0.0332 e. The lowest BCUT2D eigenvalue weighted by Gasteiger charge is -2.18. The number of rotatable bonds is 4. The predicted molar refractivity (Wildman–Crippen MR) is 59.0 cm³/mol. The van der Waals surface area contributed by atoms with E-state index >= 15 is 0 Å². The molecule has 0 aromatic heterocycles. The highest BCUT2D eigenvalue weighted by Crippen LogP contribution is 2.08. The standard InChI is InChI=1S/C10H15NS/c1-8(2)11(5)9(3)6-7-10(4)12/h6-7,12H,1,3-4H2,2,5H3/b7-6-. The Balaban J connectivity index is 4.22. The van der Waals surface area contributed by atoms with Gasteiger partial charge in [-0.3, -0.25) is 0 Å². The summed E-state index contributed by atoms with van der Waals surface area (Å²) in [5, 5.41) is 0. The summed E-state index contributed by atoms with van der Waals surface area (Å²) in [4.78, 5) is 2.61. The molecule has 66 valence electrons. The zero-order valence-electron chi connectivity index (χ0n) is 7.67. The highest BCUT2D eigenvalue weighted by molar-refractivity contribution is 7.84. The smallest absolute Gasteiger partial charge is 0.0332 e. The Morgan fingerprint density at radius 3 is 2.08 bits per heavy atom. The normalized spacial score (nSPS) is 9.92. The van der Waals surface area contributed by atoms with Gasteiger partial charge in [0.15, 0.2) is 0 Å². The molecule has 0 spiro atoms. The molecule has 0 aliphatic rings. The highest BCUT2D eigenvalue weighted by atomic mass is 32.1. The van der Waals surface area contributed by atoms with E-state index in [1.165, 1.54) is 0 Å². The second-order valence-corrected chi connectivity index (χ2v) is 3.18. The topological polar surface area (TPSA) is 3.24 Å². The molecule has 12 heavy (non-hydrogen) atoms. The second-order valence-electron chi connectivity index (χ2n) is 2.61. The Bertz CT molecular complexity index is 238. The minimum Gasteiger partial charge on any atom is -0.350 e. The van der Waals surface area contributed by atoms with Crippen LogP contribution >= 0.6 is 12.6 Å². The van der Waals surface area contributed by atoms with Crippen molar-refractivity contribution in [2.24, 2.45) is 0 Å². The van der Waals surface area contributed by atoms with Gasteiger partial charge in [0.05, 0.1) is 0 Å². The largest absolute Gasteiger partial charge is 0.350 e. The van der Waals surface area contributed by atoms with Crippen molar-refractivity contribution >= 4 is 12.6 Å². The van der Waals surface area contributed by atoms with Gasteiger partial charge in [0.1, 0.15) is 0 Å². The molecule has 0 rings (SSSR count). The highest BCUT2D eigenvalue weighted by Gasteiger charge is 1.96. The summed E-state index contributed by atoms with van der Waals surface area (Å²) in [5.41, 5.74) is 1.83. The Labute approximate surface area is 80.2 Å². The van der Waals surface area contributed by atoms with Gasteiger partial charge in [-0.2, -0.15) is 0 Å². The van der Waals surface area contributed by atoms with Crippen molar-refractivity contribution in [3.8, 4) is 0 Å². The van der Waals surface area contributed by atoms with Crippen LogP contribution < -0.4 is 0 Å². The van der Waals surface area contributed by atoms with Gasteiger partial charge in [0.25, 0.3) is 0 Å². The molecule has 0 unspecified atom stereocenters. The second kappa shape index (κ2) is 4.88. The summed E-state index contributed by atoms with van der Waals surface area (Å²) >= 11 is 4.03. The number of nitrogens with zero attached hydrogens (tertiary/aromatic N) is 1. The Morgan fingerprint density at radius 1 is 1.25 bits per heavy atom. The number of thiol groups is 1. The van der Waals surface area contributed by atoms with Crippen LogP contribution in [0.5, 0.6) is 0 Å². The third-order valence-electron chi connectivity index (χ3n) is 1.47. The minimum atomic E-state index is 0.714. The lowest BCUT2D eigenvalue weighted by molar-refractivity contribution is 0.542. The first-order valence-electron chi connectivity index (χ1n) is 3.59. The van der Waals surface area contributed by atoms with Crippen LogP contribution in [0.2, 0.25) is 0 Å². The van der Waals surface area contributed by atoms with Crippen molar-refractivity contribution in [2.45, 2.75) is 6.92 Å². The van der Waals surface area contributed by atoms with Gasteiger partial charge in [0.2, 0.25) is 0 Å². The fraction of sp³-hybridized carbons (Fsp3) is 0.200. The zero-order valence-corrected chi connectivity index (χ0v) is 8.56. The van der Waals surface area contributed by atoms with Crippen molar-refractivity contribution in [3.63, 3.8) is 0 Å². The molecule has 0 saturated heterocycles. The number of hydrogen-bond donors (Lipinski definition) is 1. The van der Waals surface area contributed by atoms with Crippen LogP contribution in [-0.2, 0) is 0 Å². The fourth-order valence-corrected chi connectivity index (χ4v) is 0.624. The van der Waals surface area contributed by atoms with Crippen molar-refractivity contribution in [1.29, 1.82) is 0 Å². The molecule has 0 aromatic carbocycles. The third kappa shape index (κ3) is 4.09. The van der Waals surface area contributed by atoms with Crippen LogP contribution in [0, 0.1) is 0 Å². The van der Waals surface area contributed by atoms with Crippen LogP contribution in [0.1, 0.15) is 6.92 Å². The monoisotopic (exact) mass is 181 g/mol. The van der Waals surface area contributed by atoms with Crippen molar-refractivity contribution < 1.29 is 0 Å². The van der Waals surface area contributed by atoms with Gasteiger partial charge >= 0.3 is 0 Å². The third-order valence-corrected chi connectivity index (χ3v) is 1.62. The molecule has 0 amide bonds. The SMILES string of the molecule is C=C(S)/C=C\C(=C)N(C)C(=C)C. The lowest BCUT2D eigenvalue weighted by Crippen LogP contribution is -2.11. The predicted octanol–water partition coefficient (Wildman–Crippen LogP) is 2.97. The molecule has 0 heterocycles. The molecule has 0 radical (unpaired) electrons. The van der Waals surface area contributed by atoms with Gasteiger partial charge in [0, 0.05) is 18.4 Å². The first-order chi connectivity index (χ1) is 5.45. The van der Waals surface area contributed by atoms with E-state index in [2.05, 4.69) is 32.4 Å². The van der Waals surface area contributed by atoms with Gasteiger partial charge in [-0.1, -0.05) is 19.7 Å². The quantitative estimate of drug-likeness (QED) is 0.515. The number of hydrogen-bond acceptors (Lipinski definition) is 2. The van der Waals surface area contributed by atoms with E-state index in [1.54, 1.807) is 6.08 Å². The van der Waals surface area contributed by atoms with E-state index in [0.717, 1.165) is 11.4 Å². The van der Waals surface area contributed by atoms with Gasteiger partial charge in [-0.15, -0.1) is 12.6 Å². The molecule has 0 aromatic rings. The number of allylic oxidation sites excluding steroid dienone is 3. The molecule has 0 saturated carbocycles. The van der Waals surface area contributed by atoms with Crippen LogP contribution in [0.3, 0.4) is 0 Å². The molecular formula is C10H15NS. The lowest BCUT2D eigenvalue weighted by atomic mass is 10.3. The van der Waals surface area contributed by atoms with Crippen molar-refractivity contribution in [3.05, 3.63) is 48.2 Å². The molecule has 1 nitrogen and oxygen atoms in total. The molecule has 0 aliphatic carbocycles. The van der Waals surface area contributed by atoms with Crippen LogP contribution in [0.4, 0.5) is 0 Å². The van der Waals surface area contributed by atoms with E-state index in [4.69, 9.17) is 0 Å². The average molecular weight is 181 g/mol. The Hall–Kier alpha value is -0.890. The van der Waals surface area contributed by atoms with Crippen LogP contribution in [-0.4, -0.2) is 11.9 Å². The number of likely N-dealkylation sites (N-methyl/N-ethyl adjacent to an activating group) is 1. The average Bonchev–Trinajstić information content (AvgIpc) is 1.98. The molecule has 0 atom stereocenters. The van der Waals surface area contributed by atoms with Gasteiger partial charge in [-0.25, -0.2) is 0 Å². The maximum atomic E-state index is 4.03. The van der Waals surface area contributed by atoms with Crippen LogP contribution in [0.15, 0.2) is 48.2 Å². The fourth-order valence-electron chi connectivity index (χ4n) is 0.549. The summed E-state index contributed by atoms with van der Waals surface area (Å²) in [5.74, 6) is 0. The van der Waals surface area contributed by atoms with Crippen molar-refractivity contribution in [2.75, 3.05) is 7.05 Å². The van der Waals surface area contributed by atoms with Crippen molar-refractivity contribution in [1.82, 2.24) is 4.90 Å². The van der Waals surface area contributed by atoms with Gasteiger partial charge in [-0.05, 0) is 24.0 Å². The summed E-state index contributed by atoms with van der Waals surface area (Å²) < 4.78 is 0. The molecule has 0 fully saturated rings. The summed E-state index contributed by atoms with van der Waals surface area (Å²) in [6, 6.07) is 0. The summed E-state index contributed by atoms with van der Waals surface area (Å²) in [6.45, 7) is 13.2. The van der Waals surface area contributed by atoms with Crippen LogP contribution in [0.25, 0.3) is 0 Å². The van der Waals surface area contributed by atoms with E-state index in [1.807, 2.05) is 24.9 Å². The van der Waals surface area contributed by atoms with E-state index in [9.17, 15) is 0 Å². The van der Waals surface area contributed by atoms with E-state index in [0.29, 0.717) is 4.91 Å². The van der Waals surface area contributed by atoms with E-state index < -0.39 is 0 Å². The van der Waals surface area contributed by atoms with Gasteiger partial charge < -0.3 is 4.90 Å². The molecule has 2 heteroatoms. The zero-order chi connectivity index (χ0) is 9.72. The minimum absolute atomic E-state index is 0.714. The summed E-state index contributed by atoms with van der Waals surface area (Å²) in [7, 11) is 1.91. The first kappa shape index (κ1) is 11.1. The first-order valence-corrected chi connectivity index (χ1v) is 4.04. The molecule has 0 aliphatic heterocycles.